The molecule has 1 nitrogen and oxygen atoms in total. The molecule has 0 aliphatic heterocycles. The Morgan fingerprint density at radius 3 is 2.62 bits per heavy atom. The van der Waals surface area contributed by atoms with E-state index in [4.69, 9.17) is 0 Å². The van der Waals surface area contributed by atoms with Crippen LogP contribution in [0.3, 0.4) is 0 Å². The fraction of sp³-hybridized carbons (Fsp3) is 0.417. The summed E-state index contributed by atoms with van der Waals surface area (Å²) in [6.45, 7) is 3.70. The van der Waals surface area contributed by atoms with Crippen molar-refractivity contribution in [1.82, 2.24) is 0 Å². The van der Waals surface area contributed by atoms with E-state index in [1.165, 1.54) is 24.0 Å². The largest absolute Gasteiger partial charge is 0.295 e. The summed E-state index contributed by atoms with van der Waals surface area (Å²) >= 11 is 0. The van der Waals surface area contributed by atoms with Gasteiger partial charge in [-0.3, -0.25) is 4.79 Å². The Kier molecular flexibility index (Phi) is 1.95. The van der Waals surface area contributed by atoms with Gasteiger partial charge in [-0.15, -0.1) is 0 Å². The van der Waals surface area contributed by atoms with Gasteiger partial charge in [-0.2, -0.15) is 0 Å². The monoisotopic (exact) mass is 174 g/mol. The lowest BCUT2D eigenvalue weighted by molar-refractivity contribution is 0.101. The second-order valence-electron chi connectivity index (χ2n) is 3.85. The third-order valence-electron chi connectivity index (χ3n) is 2.77. The van der Waals surface area contributed by atoms with Gasteiger partial charge < -0.3 is 0 Å². The Hall–Kier alpha value is -1.11. The molecule has 1 heteroatoms. The summed E-state index contributed by atoms with van der Waals surface area (Å²) in [5.41, 5.74) is 3.47. The van der Waals surface area contributed by atoms with Gasteiger partial charge in [0.1, 0.15) is 0 Å². The minimum absolute atomic E-state index is 0.181. The van der Waals surface area contributed by atoms with Crippen LogP contribution in [0.15, 0.2) is 18.2 Å². The van der Waals surface area contributed by atoms with E-state index in [1.54, 1.807) is 6.92 Å². The third-order valence-corrected chi connectivity index (χ3v) is 2.77. The van der Waals surface area contributed by atoms with Crippen molar-refractivity contribution in [3.05, 3.63) is 34.9 Å². The van der Waals surface area contributed by atoms with E-state index in [9.17, 15) is 4.79 Å². The highest BCUT2D eigenvalue weighted by Gasteiger charge is 2.25. The second kappa shape index (κ2) is 2.99. The highest BCUT2D eigenvalue weighted by molar-refractivity contribution is 5.95. The van der Waals surface area contributed by atoms with Gasteiger partial charge in [-0.25, -0.2) is 0 Å². The number of rotatable bonds is 2. The van der Waals surface area contributed by atoms with E-state index in [0.717, 1.165) is 11.5 Å². The average molecular weight is 174 g/mol. The van der Waals surface area contributed by atoms with Crippen LogP contribution in [0, 0.1) is 6.92 Å². The molecule has 68 valence electrons. The summed E-state index contributed by atoms with van der Waals surface area (Å²) in [7, 11) is 0. The highest BCUT2D eigenvalue weighted by atomic mass is 16.1. The van der Waals surface area contributed by atoms with Crippen LogP contribution in [0.5, 0.6) is 0 Å². The van der Waals surface area contributed by atoms with Crippen molar-refractivity contribution in [2.45, 2.75) is 32.6 Å². The number of hydrogen-bond donors (Lipinski definition) is 0. The molecule has 0 aromatic heterocycles. The van der Waals surface area contributed by atoms with Crippen LogP contribution in [0.2, 0.25) is 0 Å². The van der Waals surface area contributed by atoms with Crippen LogP contribution in [-0.2, 0) is 0 Å². The van der Waals surface area contributed by atoms with Gasteiger partial charge >= 0.3 is 0 Å². The Balaban J connectivity index is 2.47. The molecule has 0 saturated heterocycles. The molecule has 0 unspecified atom stereocenters. The molecule has 0 radical (unpaired) electrons. The SMILES string of the molecule is CC(=O)c1cccc(C2CC2)c1C. The molecule has 1 aliphatic carbocycles. The van der Waals surface area contributed by atoms with E-state index < -0.39 is 0 Å². The third kappa shape index (κ3) is 1.51. The van der Waals surface area contributed by atoms with Crippen molar-refractivity contribution in [1.29, 1.82) is 0 Å². The second-order valence-corrected chi connectivity index (χ2v) is 3.85. The Morgan fingerprint density at radius 1 is 1.38 bits per heavy atom. The lowest BCUT2D eigenvalue weighted by Gasteiger charge is -2.07. The topological polar surface area (TPSA) is 17.1 Å². The van der Waals surface area contributed by atoms with E-state index in [0.29, 0.717) is 0 Å². The molecule has 1 aromatic rings. The molecule has 2 rings (SSSR count). The van der Waals surface area contributed by atoms with Gasteiger partial charge in [0.25, 0.3) is 0 Å². The van der Waals surface area contributed by atoms with E-state index in [-0.39, 0.29) is 5.78 Å². The fourth-order valence-corrected chi connectivity index (χ4v) is 1.87. The molecule has 0 spiro atoms. The summed E-state index contributed by atoms with van der Waals surface area (Å²) in [5.74, 6) is 0.916. The van der Waals surface area contributed by atoms with Crippen molar-refractivity contribution in [2.75, 3.05) is 0 Å². The summed E-state index contributed by atoms with van der Waals surface area (Å²) < 4.78 is 0. The van der Waals surface area contributed by atoms with E-state index in [1.807, 2.05) is 12.1 Å². The zero-order valence-corrected chi connectivity index (χ0v) is 8.13. The van der Waals surface area contributed by atoms with Crippen molar-refractivity contribution >= 4 is 5.78 Å². The zero-order valence-electron chi connectivity index (χ0n) is 8.13. The van der Waals surface area contributed by atoms with Crippen LogP contribution in [-0.4, -0.2) is 5.78 Å². The Labute approximate surface area is 78.8 Å². The molecule has 1 saturated carbocycles. The van der Waals surface area contributed by atoms with Gasteiger partial charge in [-0.1, -0.05) is 18.2 Å². The van der Waals surface area contributed by atoms with Crippen molar-refractivity contribution in [3.8, 4) is 0 Å². The first kappa shape index (κ1) is 8.49. The first-order chi connectivity index (χ1) is 6.20. The highest BCUT2D eigenvalue weighted by Crippen LogP contribution is 2.42. The maximum absolute atomic E-state index is 11.3. The van der Waals surface area contributed by atoms with Crippen LogP contribution >= 0.6 is 0 Å². The molecular weight excluding hydrogens is 160 g/mol. The molecule has 0 amide bonds. The molecule has 0 N–H and O–H groups in total. The quantitative estimate of drug-likeness (QED) is 0.630. The molecule has 1 fully saturated rings. The first-order valence-corrected chi connectivity index (χ1v) is 4.80. The van der Waals surface area contributed by atoms with Gasteiger partial charge in [-0.05, 0) is 43.7 Å². The minimum Gasteiger partial charge on any atom is -0.295 e. The van der Waals surface area contributed by atoms with Crippen molar-refractivity contribution < 1.29 is 4.79 Å². The normalized spacial score (nSPS) is 15.8. The smallest absolute Gasteiger partial charge is 0.160 e. The number of hydrogen-bond acceptors (Lipinski definition) is 1. The lowest BCUT2D eigenvalue weighted by atomic mass is 9.97. The molecule has 0 bridgehead atoms. The lowest BCUT2D eigenvalue weighted by Crippen LogP contribution is -1.98. The van der Waals surface area contributed by atoms with Gasteiger partial charge in [0.05, 0.1) is 0 Å². The van der Waals surface area contributed by atoms with Gasteiger partial charge in [0.2, 0.25) is 0 Å². The number of carbonyl (C=O) groups excluding carboxylic acids is 1. The van der Waals surface area contributed by atoms with Crippen LogP contribution in [0.4, 0.5) is 0 Å². The summed E-state index contributed by atoms with van der Waals surface area (Å²) in [6, 6.07) is 6.07. The number of Topliss-reactive ketones (excluding diaryl/α,β-unsaturated/α-hetero) is 1. The van der Waals surface area contributed by atoms with Crippen molar-refractivity contribution in [3.63, 3.8) is 0 Å². The molecular formula is C12H14O. The molecule has 0 atom stereocenters. The van der Waals surface area contributed by atoms with E-state index in [2.05, 4.69) is 13.0 Å². The summed E-state index contributed by atoms with van der Waals surface area (Å²) in [5, 5.41) is 0. The summed E-state index contributed by atoms with van der Waals surface area (Å²) in [4.78, 5) is 11.3. The predicted molar refractivity (Wildman–Crippen MR) is 53.2 cm³/mol. The number of ketones is 1. The first-order valence-electron chi connectivity index (χ1n) is 4.80. The molecule has 1 aromatic carbocycles. The van der Waals surface area contributed by atoms with Gasteiger partial charge in [0.15, 0.2) is 5.78 Å². The molecule has 13 heavy (non-hydrogen) atoms. The fourth-order valence-electron chi connectivity index (χ4n) is 1.87. The van der Waals surface area contributed by atoms with Crippen LogP contribution in [0.1, 0.15) is 47.2 Å². The van der Waals surface area contributed by atoms with Crippen LogP contribution < -0.4 is 0 Å². The van der Waals surface area contributed by atoms with Crippen LogP contribution in [0.25, 0.3) is 0 Å². The molecule has 0 heterocycles. The standard InChI is InChI=1S/C12H14O/c1-8-11(9(2)13)4-3-5-12(8)10-6-7-10/h3-5,10H,6-7H2,1-2H3. The number of carbonyl (C=O) groups is 1. The average Bonchev–Trinajstić information content (AvgIpc) is 2.87. The maximum Gasteiger partial charge on any atom is 0.160 e. The van der Waals surface area contributed by atoms with Gasteiger partial charge in [0, 0.05) is 5.56 Å². The molecule has 1 aliphatic rings. The van der Waals surface area contributed by atoms with E-state index >= 15 is 0 Å². The number of benzene rings is 1. The Morgan fingerprint density at radius 2 is 2.08 bits per heavy atom. The summed E-state index contributed by atoms with van der Waals surface area (Å²) in [6.07, 6.45) is 2.59. The zero-order chi connectivity index (χ0) is 9.42. The Bertz CT molecular complexity index is 348. The van der Waals surface area contributed by atoms with Crippen molar-refractivity contribution in [2.24, 2.45) is 0 Å². The maximum atomic E-state index is 11.3. The minimum atomic E-state index is 0.181. The predicted octanol–water partition coefficient (Wildman–Crippen LogP) is 3.08.